The van der Waals surface area contributed by atoms with Crippen LogP contribution in [0.25, 0.3) is 0 Å². The molecule has 0 aromatic carbocycles. The van der Waals surface area contributed by atoms with Crippen molar-refractivity contribution in [3.05, 3.63) is 0 Å². The van der Waals surface area contributed by atoms with Gasteiger partial charge in [0.15, 0.2) is 12.2 Å². The van der Waals surface area contributed by atoms with E-state index in [1.807, 2.05) is 0 Å². The van der Waals surface area contributed by atoms with Gasteiger partial charge in [0.05, 0.1) is 26.4 Å². The van der Waals surface area contributed by atoms with Crippen LogP contribution in [0.5, 0.6) is 0 Å². The van der Waals surface area contributed by atoms with Crippen molar-refractivity contribution in [2.45, 2.75) is 496 Å². The molecule has 5 atom stereocenters. The number of ether oxygens (including phenoxy) is 4. The van der Waals surface area contributed by atoms with Gasteiger partial charge >= 0.3 is 39.5 Å². The number of carbonyl (C=O) groups excluding carboxylic acids is 4. The molecule has 3 N–H and O–H groups in total. The lowest BCUT2D eigenvalue weighted by atomic mass is 10.0. The van der Waals surface area contributed by atoms with Gasteiger partial charge in [-0.3, -0.25) is 37.3 Å². The molecule has 0 fully saturated rings. The van der Waals surface area contributed by atoms with Crippen molar-refractivity contribution in [3.63, 3.8) is 0 Å². The number of phosphoric ester groups is 2. The van der Waals surface area contributed by atoms with Gasteiger partial charge in [-0.25, -0.2) is 9.13 Å². The number of esters is 4. The maximum absolute atomic E-state index is 13.2. The summed E-state index contributed by atoms with van der Waals surface area (Å²) in [5.74, 6) is -0.625. The van der Waals surface area contributed by atoms with Crippen LogP contribution in [0.4, 0.5) is 0 Å². The minimum Gasteiger partial charge on any atom is -0.462 e. The Labute approximate surface area is 664 Å². The number of aliphatic hydroxyl groups excluding tert-OH is 1. The van der Waals surface area contributed by atoms with Gasteiger partial charge in [0, 0.05) is 25.7 Å². The zero-order valence-electron chi connectivity index (χ0n) is 71.2. The highest BCUT2D eigenvalue weighted by Crippen LogP contribution is 2.45. The molecule has 0 radical (unpaired) electrons. The van der Waals surface area contributed by atoms with Crippen molar-refractivity contribution in [2.24, 2.45) is 11.8 Å². The average Bonchev–Trinajstić information content (AvgIpc) is 0.911. The molecular weight excluding hydrogens is 1400 g/mol. The molecule has 0 saturated heterocycles. The van der Waals surface area contributed by atoms with Crippen LogP contribution in [0.15, 0.2) is 0 Å². The van der Waals surface area contributed by atoms with E-state index < -0.39 is 97.5 Å². The summed E-state index contributed by atoms with van der Waals surface area (Å²) in [6, 6.07) is 0. The fourth-order valence-corrected chi connectivity index (χ4v) is 15.5. The van der Waals surface area contributed by atoms with Gasteiger partial charge in [0.1, 0.15) is 19.3 Å². The SMILES string of the molecule is CCCCCCCCCCCCCCCCCCCCCCCCC(=O)OC[C@H](COP(=O)(O)OC[C@@H](O)COP(=O)(O)OC[C@@H](COC(=O)CCCCCCCCCCC(C)C)OC(=O)CCCCCCCCCCCCC(C)C)OC(=O)CCCCCCCCCCCCCCCCCCCCCCCC. The summed E-state index contributed by atoms with van der Waals surface area (Å²) in [6.45, 7) is 9.63. The molecule has 642 valence electrons. The summed E-state index contributed by atoms with van der Waals surface area (Å²) in [4.78, 5) is 73.3. The first-order valence-electron chi connectivity index (χ1n) is 46.0. The number of unbranched alkanes of at least 4 members (excludes halogenated alkanes) is 58. The highest BCUT2D eigenvalue weighted by atomic mass is 31.2. The topological polar surface area (TPSA) is 237 Å². The Hall–Kier alpha value is -1.94. The zero-order chi connectivity index (χ0) is 79.2. The Morgan fingerprint density at radius 1 is 0.250 bits per heavy atom. The van der Waals surface area contributed by atoms with Crippen molar-refractivity contribution < 1.29 is 80.2 Å². The molecule has 0 spiro atoms. The van der Waals surface area contributed by atoms with Crippen molar-refractivity contribution in [1.82, 2.24) is 0 Å². The summed E-state index contributed by atoms with van der Waals surface area (Å²) in [5.41, 5.74) is 0. The van der Waals surface area contributed by atoms with E-state index >= 15 is 0 Å². The fraction of sp³-hybridized carbons (Fsp3) is 0.955. The normalized spacial score (nSPS) is 13.8. The monoisotopic (exact) mass is 1580 g/mol. The maximum Gasteiger partial charge on any atom is 0.472 e. The molecule has 2 unspecified atom stereocenters. The molecule has 0 bridgehead atoms. The van der Waals surface area contributed by atoms with E-state index in [-0.39, 0.29) is 25.7 Å². The van der Waals surface area contributed by atoms with E-state index in [9.17, 15) is 43.2 Å². The van der Waals surface area contributed by atoms with E-state index in [0.717, 1.165) is 102 Å². The highest BCUT2D eigenvalue weighted by Gasteiger charge is 2.31. The number of aliphatic hydroxyl groups is 1. The zero-order valence-corrected chi connectivity index (χ0v) is 73.0. The third kappa shape index (κ3) is 82.1. The largest absolute Gasteiger partial charge is 0.472 e. The van der Waals surface area contributed by atoms with Gasteiger partial charge in [0.2, 0.25) is 0 Å². The molecule has 17 nitrogen and oxygen atoms in total. The van der Waals surface area contributed by atoms with Gasteiger partial charge in [0.25, 0.3) is 0 Å². The number of rotatable bonds is 88. The second kappa shape index (κ2) is 80.3. The molecule has 0 amide bonds. The molecule has 0 aliphatic carbocycles. The first-order valence-corrected chi connectivity index (χ1v) is 49.0. The Kier molecular flexibility index (Phi) is 78.8. The molecule has 0 aromatic rings. The average molecular weight is 1580 g/mol. The lowest BCUT2D eigenvalue weighted by molar-refractivity contribution is -0.161. The van der Waals surface area contributed by atoms with E-state index in [1.54, 1.807) is 0 Å². The summed E-state index contributed by atoms with van der Waals surface area (Å²) in [5, 5.41) is 10.7. The minimum atomic E-state index is -4.97. The van der Waals surface area contributed by atoms with Gasteiger partial charge in [-0.2, -0.15) is 0 Å². The molecule has 108 heavy (non-hydrogen) atoms. The standard InChI is InChI=1S/C89H174O17P2/c1-7-9-11-13-15-17-19-21-23-25-27-29-31-33-35-37-39-41-46-53-59-65-71-86(91)99-77-84(105-88(93)73-67-61-55-47-42-40-38-36-34-32-30-28-26-24-22-20-18-16-14-12-10-8-2)79-103-107(95,96)101-75-83(90)76-102-108(97,98)104-80-85(78-100-87(92)72-66-60-54-50-49-52-58-64-70-82(5)6)106-89(94)74-68-62-56-48-44-43-45-51-57-63-69-81(3)4/h81-85,90H,7-80H2,1-6H3,(H,95,96)(H,97,98)/t83-,84-,85-/m1/s1. The summed E-state index contributed by atoms with van der Waals surface area (Å²) in [7, 11) is -9.93. The van der Waals surface area contributed by atoms with Crippen molar-refractivity contribution in [2.75, 3.05) is 39.6 Å². The molecule has 0 aliphatic rings. The lowest BCUT2D eigenvalue weighted by Gasteiger charge is -2.21. The predicted molar refractivity (Wildman–Crippen MR) is 446 cm³/mol. The number of hydrogen-bond acceptors (Lipinski definition) is 15. The molecule has 0 aromatic heterocycles. The van der Waals surface area contributed by atoms with Crippen molar-refractivity contribution in [3.8, 4) is 0 Å². The lowest BCUT2D eigenvalue weighted by Crippen LogP contribution is -2.30. The molecule has 0 saturated carbocycles. The smallest absolute Gasteiger partial charge is 0.462 e. The Bertz CT molecular complexity index is 2060. The predicted octanol–water partition coefficient (Wildman–Crippen LogP) is 27.4. The highest BCUT2D eigenvalue weighted by molar-refractivity contribution is 7.47. The Morgan fingerprint density at radius 2 is 0.426 bits per heavy atom. The Morgan fingerprint density at radius 3 is 0.630 bits per heavy atom. The molecule has 0 heterocycles. The Balaban J connectivity index is 5.20. The van der Waals surface area contributed by atoms with Crippen LogP contribution >= 0.6 is 15.6 Å². The van der Waals surface area contributed by atoms with Gasteiger partial charge in [-0.1, -0.05) is 427 Å². The first-order chi connectivity index (χ1) is 52.4. The van der Waals surface area contributed by atoms with E-state index in [4.69, 9.17) is 37.0 Å². The number of carbonyl (C=O) groups is 4. The summed E-state index contributed by atoms with van der Waals surface area (Å²) >= 11 is 0. The third-order valence-electron chi connectivity index (χ3n) is 21.0. The van der Waals surface area contributed by atoms with Crippen molar-refractivity contribution in [1.29, 1.82) is 0 Å². The van der Waals surface area contributed by atoms with Gasteiger partial charge in [-0.05, 0) is 37.5 Å². The van der Waals surface area contributed by atoms with E-state index in [2.05, 4.69) is 41.5 Å². The molecule has 0 aliphatic heterocycles. The summed E-state index contributed by atoms with van der Waals surface area (Å²) < 4.78 is 68.9. The van der Waals surface area contributed by atoms with Crippen LogP contribution in [-0.2, 0) is 65.4 Å². The second-order valence-electron chi connectivity index (χ2n) is 32.9. The van der Waals surface area contributed by atoms with E-state index in [0.29, 0.717) is 25.7 Å². The first kappa shape index (κ1) is 106. The van der Waals surface area contributed by atoms with Crippen LogP contribution in [0.3, 0.4) is 0 Å². The fourth-order valence-electron chi connectivity index (χ4n) is 14.0. The second-order valence-corrected chi connectivity index (χ2v) is 35.8. The van der Waals surface area contributed by atoms with Gasteiger partial charge in [-0.15, -0.1) is 0 Å². The third-order valence-corrected chi connectivity index (χ3v) is 22.9. The van der Waals surface area contributed by atoms with Gasteiger partial charge < -0.3 is 33.8 Å². The van der Waals surface area contributed by atoms with E-state index in [1.165, 1.54) is 295 Å². The van der Waals surface area contributed by atoms with Crippen LogP contribution < -0.4 is 0 Å². The number of phosphoric acid groups is 2. The van der Waals surface area contributed by atoms with Crippen LogP contribution in [0.1, 0.15) is 478 Å². The maximum atomic E-state index is 13.2. The molecule has 19 heteroatoms. The number of hydrogen-bond donors (Lipinski definition) is 3. The molecule has 0 rings (SSSR count). The minimum absolute atomic E-state index is 0.106. The quantitative estimate of drug-likeness (QED) is 0.0222. The van der Waals surface area contributed by atoms with Crippen LogP contribution in [0.2, 0.25) is 0 Å². The molecular formula is C89H174O17P2. The van der Waals surface area contributed by atoms with Crippen LogP contribution in [-0.4, -0.2) is 96.7 Å². The van der Waals surface area contributed by atoms with Crippen molar-refractivity contribution >= 4 is 39.5 Å². The van der Waals surface area contributed by atoms with Crippen LogP contribution in [0, 0.1) is 11.8 Å². The summed E-state index contributed by atoms with van der Waals surface area (Å²) in [6.07, 6.45) is 74.0.